The molecular formula is C12H20BrNOS. The van der Waals surface area contributed by atoms with E-state index in [0.717, 1.165) is 16.6 Å². The summed E-state index contributed by atoms with van der Waals surface area (Å²) in [7, 11) is 0. The van der Waals surface area contributed by atoms with Gasteiger partial charge in [-0.1, -0.05) is 0 Å². The fraction of sp³-hybridized carbons (Fsp3) is 0.667. The highest BCUT2D eigenvalue weighted by Gasteiger charge is 2.26. The molecule has 0 fully saturated rings. The lowest BCUT2D eigenvalue weighted by atomic mass is 9.94. The number of aliphatic hydroxyl groups is 1. The van der Waals surface area contributed by atoms with Crippen molar-refractivity contribution in [2.75, 3.05) is 6.54 Å². The minimum atomic E-state index is -0.767. The van der Waals surface area contributed by atoms with Gasteiger partial charge in [-0.05, 0) is 62.0 Å². The Hall–Kier alpha value is 0.100. The van der Waals surface area contributed by atoms with Gasteiger partial charge in [0, 0.05) is 21.0 Å². The van der Waals surface area contributed by atoms with Gasteiger partial charge in [0.15, 0.2) is 0 Å². The molecule has 1 rings (SSSR count). The predicted molar refractivity (Wildman–Crippen MR) is 74.0 cm³/mol. The molecule has 92 valence electrons. The molecule has 0 saturated heterocycles. The van der Waals surface area contributed by atoms with E-state index in [4.69, 9.17) is 0 Å². The van der Waals surface area contributed by atoms with E-state index >= 15 is 0 Å². The lowest BCUT2D eigenvalue weighted by Gasteiger charge is -2.27. The molecule has 1 aromatic rings. The first kappa shape index (κ1) is 14.2. The van der Waals surface area contributed by atoms with Gasteiger partial charge in [0.25, 0.3) is 0 Å². The Morgan fingerprint density at radius 3 is 2.38 bits per heavy atom. The van der Waals surface area contributed by atoms with Crippen LogP contribution in [0.15, 0.2) is 15.2 Å². The van der Waals surface area contributed by atoms with E-state index in [1.807, 2.05) is 17.7 Å². The standard InChI is InChI=1S/C12H20BrNOS/c1-11(2,3)14-6-5-12(4,15)9-7-16-8-10(9)13/h7-8,14-15H,5-6H2,1-4H3. The van der Waals surface area contributed by atoms with Crippen molar-refractivity contribution in [3.05, 3.63) is 20.8 Å². The van der Waals surface area contributed by atoms with E-state index in [1.165, 1.54) is 0 Å². The lowest BCUT2D eigenvalue weighted by Crippen LogP contribution is -2.39. The van der Waals surface area contributed by atoms with Crippen molar-refractivity contribution in [1.29, 1.82) is 0 Å². The van der Waals surface area contributed by atoms with Gasteiger partial charge in [-0.3, -0.25) is 0 Å². The van der Waals surface area contributed by atoms with Gasteiger partial charge in [-0.25, -0.2) is 0 Å². The van der Waals surface area contributed by atoms with Crippen molar-refractivity contribution in [3.63, 3.8) is 0 Å². The smallest absolute Gasteiger partial charge is 0.0899 e. The quantitative estimate of drug-likeness (QED) is 0.892. The van der Waals surface area contributed by atoms with Crippen LogP contribution in [-0.2, 0) is 5.60 Å². The van der Waals surface area contributed by atoms with Crippen LogP contribution >= 0.6 is 27.3 Å². The van der Waals surface area contributed by atoms with Crippen molar-refractivity contribution >= 4 is 27.3 Å². The van der Waals surface area contributed by atoms with Crippen molar-refractivity contribution in [2.45, 2.75) is 45.3 Å². The summed E-state index contributed by atoms with van der Waals surface area (Å²) in [6.07, 6.45) is 0.708. The zero-order chi connectivity index (χ0) is 12.4. The summed E-state index contributed by atoms with van der Waals surface area (Å²) in [5, 5.41) is 17.8. The summed E-state index contributed by atoms with van der Waals surface area (Å²) in [4.78, 5) is 0. The average Bonchev–Trinajstić information content (AvgIpc) is 2.48. The van der Waals surface area contributed by atoms with Crippen LogP contribution < -0.4 is 5.32 Å². The molecule has 0 aliphatic carbocycles. The van der Waals surface area contributed by atoms with Gasteiger partial charge >= 0.3 is 0 Å². The zero-order valence-electron chi connectivity index (χ0n) is 10.3. The average molecular weight is 306 g/mol. The van der Waals surface area contributed by atoms with Gasteiger partial charge in [0.05, 0.1) is 5.60 Å². The van der Waals surface area contributed by atoms with Crippen LogP contribution in [0.4, 0.5) is 0 Å². The van der Waals surface area contributed by atoms with Gasteiger partial charge in [-0.15, -0.1) is 0 Å². The monoisotopic (exact) mass is 305 g/mol. The first-order chi connectivity index (χ1) is 7.22. The fourth-order valence-corrected chi connectivity index (χ4v) is 3.33. The summed E-state index contributed by atoms with van der Waals surface area (Å²) in [6.45, 7) is 9.05. The molecule has 0 aliphatic heterocycles. The first-order valence-corrected chi connectivity index (χ1v) is 7.15. The molecule has 1 heterocycles. The van der Waals surface area contributed by atoms with Crippen LogP contribution in [0.3, 0.4) is 0 Å². The second-order valence-electron chi connectivity index (χ2n) is 5.33. The Kier molecular flexibility index (Phi) is 4.57. The Bertz CT molecular complexity index is 341. The Morgan fingerprint density at radius 2 is 1.94 bits per heavy atom. The summed E-state index contributed by atoms with van der Waals surface area (Å²) < 4.78 is 0.998. The molecule has 1 unspecified atom stereocenters. The maximum Gasteiger partial charge on any atom is 0.0899 e. The van der Waals surface area contributed by atoms with Crippen molar-refractivity contribution in [1.82, 2.24) is 5.32 Å². The molecule has 0 saturated carbocycles. The van der Waals surface area contributed by atoms with Gasteiger partial charge in [0.1, 0.15) is 0 Å². The van der Waals surface area contributed by atoms with Crippen LogP contribution in [-0.4, -0.2) is 17.2 Å². The molecule has 0 aliphatic rings. The van der Waals surface area contributed by atoms with Crippen LogP contribution in [0.1, 0.15) is 39.7 Å². The van der Waals surface area contributed by atoms with E-state index in [2.05, 4.69) is 42.0 Å². The normalized spacial score (nSPS) is 16.1. The van der Waals surface area contributed by atoms with Crippen LogP contribution in [0, 0.1) is 0 Å². The highest BCUT2D eigenvalue weighted by molar-refractivity contribution is 9.10. The SMILES string of the molecule is CC(C)(C)NCCC(C)(O)c1cscc1Br. The van der Waals surface area contributed by atoms with E-state index in [9.17, 15) is 5.11 Å². The number of halogens is 1. The predicted octanol–water partition coefficient (Wildman–Crippen LogP) is 3.50. The summed E-state index contributed by atoms with van der Waals surface area (Å²) in [6, 6.07) is 0. The molecule has 0 bridgehead atoms. The second kappa shape index (κ2) is 5.17. The van der Waals surface area contributed by atoms with E-state index in [-0.39, 0.29) is 5.54 Å². The molecule has 0 aromatic carbocycles. The number of hydrogen-bond donors (Lipinski definition) is 2. The van der Waals surface area contributed by atoms with E-state index in [0.29, 0.717) is 6.42 Å². The highest BCUT2D eigenvalue weighted by atomic mass is 79.9. The molecule has 1 aromatic heterocycles. The van der Waals surface area contributed by atoms with E-state index < -0.39 is 5.60 Å². The third-order valence-corrected chi connectivity index (χ3v) is 4.16. The maximum absolute atomic E-state index is 10.4. The number of hydrogen-bond acceptors (Lipinski definition) is 3. The Morgan fingerprint density at radius 1 is 1.31 bits per heavy atom. The molecule has 0 radical (unpaired) electrons. The second-order valence-corrected chi connectivity index (χ2v) is 6.93. The molecule has 2 N–H and O–H groups in total. The van der Waals surface area contributed by atoms with Crippen LogP contribution in [0.5, 0.6) is 0 Å². The third kappa shape index (κ3) is 4.17. The Labute approximate surface area is 110 Å². The fourth-order valence-electron chi connectivity index (χ4n) is 1.48. The highest BCUT2D eigenvalue weighted by Crippen LogP contribution is 2.33. The van der Waals surface area contributed by atoms with Crippen molar-refractivity contribution in [2.24, 2.45) is 0 Å². The minimum absolute atomic E-state index is 0.0992. The molecule has 16 heavy (non-hydrogen) atoms. The summed E-state index contributed by atoms with van der Waals surface area (Å²) in [5.41, 5.74) is 0.312. The first-order valence-electron chi connectivity index (χ1n) is 5.42. The molecular weight excluding hydrogens is 286 g/mol. The van der Waals surface area contributed by atoms with E-state index in [1.54, 1.807) is 11.3 Å². The number of thiophene rings is 1. The van der Waals surface area contributed by atoms with Gasteiger partial charge in [-0.2, -0.15) is 11.3 Å². The zero-order valence-corrected chi connectivity index (χ0v) is 12.7. The van der Waals surface area contributed by atoms with Crippen molar-refractivity contribution < 1.29 is 5.11 Å². The van der Waals surface area contributed by atoms with Crippen LogP contribution in [0.25, 0.3) is 0 Å². The largest absolute Gasteiger partial charge is 0.385 e. The van der Waals surface area contributed by atoms with Crippen LogP contribution in [0.2, 0.25) is 0 Å². The summed E-state index contributed by atoms with van der Waals surface area (Å²) in [5.74, 6) is 0. The number of rotatable bonds is 4. The van der Waals surface area contributed by atoms with Crippen molar-refractivity contribution in [3.8, 4) is 0 Å². The maximum atomic E-state index is 10.4. The van der Waals surface area contributed by atoms with Gasteiger partial charge in [0.2, 0.25) is 0 Å². The molecule has 4 heteroatoms. The summed E-state index contributed by atoms with van der Waals surface area (Å²) >= 11 is 5.07. The minimum Gasteiger partial charge on any atom is -0.385 e. The number of nitrogens with one attached hydrogen (secondary N) is 1. The molecule has 2 nitrogen and oxygen atoms in total. The molecule has 0 amide bonds. The topological polar surface area (TPSA) is 32.3 Å². The lowest BCUT2D eigenvalue weighted by molar-refractivity contribution is 0.0461. The van der Waals surface area contributed by atoms with Gasteiger partial charge < -0.3 is 10.4 Å². The molecule has 0 spiro atoms. The third-order valence-electron chi connectivity index (χ3n) is 2.46. The molecule has 1 atom stereocenters. The Balaban J connectivity index is 2.56.